The molecule has 2 heterocycles. The molecule has 1 saturated heterocycles. The lowest BCUT2D eigenvalue weighted by Gasteiger charge is -2.35. The molecule has 1 amide bonds. The fourth-order valence-electron chi connectivity index (χ4n) is 3.19. The zero-order valence-electron chi connectivity index (χ0n) is 14.7. The van der Waals surface area contributed by atoms with E-state index >= 15 is 0 Å². The van der Waals surface area contributed by atoms with Gasteiger partial charge in [-0.1, -0.05) is 0 Å². The number of hydrogen-bond donors (Lipinski definition) is 1. The summed E-state index contributed by atoms with van der Waals surface area (Å²) in [4.78, 5) is 22.6. The van der Waals surface area contributed by atoms with E-state index in [4.69, 9.17) is 10.5 Å². The maximum absolute atomic E-state index is 11.2. The van der Waals surface area contributed by atoms with Crippen LogP contribution in [0.4, 0.5) is 0 Å². The number of aromatic nitrogens is 2. The van der Waals surface area contributed by atoms with Gasteiger partial charge in [0.1, 0.15) is 11.4 Å². The van der Waals surface area contributed by atoms with Gasteiger partial charge in [-0.3, -0.25) is 9.78 Å². The van der Waals surface area contributed by atoms with Gasteiger partial charge in [-0.05, 0) is 57.5 Å². The molecule has 1 fully saturated rings. The molecule has 0 radical (unpaired) electrons. The SMILES string of the molecule is CC(C)N1CCCC(c2nccnc2Oc2ccc(C(N)=O)cc2)C1. The number of likely N-dealkylation sites (tertiary alicyclic amines) is 1. The molecule has 1 aliphatic heterocycles. The summed E-state index contributed by atoms with van der Waals surface area (Å²) in [5.41, 5.74) is 6.61. The van der Waals surface area contributed by atoms with E-state index in [0.29, 0.717) is 29.2 Å². The number of rotatable bonds is 5. The molecule has 132 valence electrons. The quantitative estimate of drug-likeness (QED) is 0.905. The molecular formula is C19H24N4O2. The first-order valence-corrected chi connectivity index (χ1v) is 8.67. The fourth-order valence-corrected chi connectivity index (χ4v) is 3.19. The van der Waals surface area contributed by atoms with Crippen molar-refractivity contribution in [1.82, 2.24) is 14.9 Å². The monoisotopic (exact) mass is 340 g/mol. The molecule has 2 aromatic rings. The molecule has 6 nitrogen and oxygen atoms in total. The van der Waals surface area contributed by atoms with Gasteiger partial charge in [0, 0.05) is 36.5 Å². The van der Waals surface area contributed by atoms with Gasteiger partial charge in [-0.25, -0.2) is 4.98 Å². The fraction of sp³-hybridized carbons (Fsp3) is 0.421. The third-order valence-electron chi connectivity index (χ3n) is 4.61. The summed E-state index contributed by atoms with van der Waals surface area (Å²) >= 11 is 0. The van der Waals surface area contributed by atoms with Gasteiger partial charge >= 0.3 is 0 Å². The summed E-state index contributed by atoms with van der Waals surface area (Å²) in [6, 6.07) is 7.26. The zero-order valence-corrected chi connectivity index (χ0v) is 14.7. The highest BCUT2D eigenvalue weighted by atomic mass is 16.5. The number of primary amides is 1. The van der Waals surface area contributed by atoms with Gasteiger partial charge in [-0.2, -0.15) is 0 Å². The maximum Gasteiger partial charge on any atom is 0.248 e. The summed E-state index contributed by atoms with van der Waals surface area (Å²) in [7, 11) is 0. The Labute approximate surface area is 148 Å². The van der Waals surface area contributed by atoms with Crippen LogP contribution >= 0.6 is 0 Å². The van der Waals surface area contributed by atoms with E-state index in [2.05, 4.69) is 28.7 Å². The van der Waals surface area contributed by atoms with Crippen molar-refractivity contribution in [3.8, 4) is 11.6 Å². The van der Waals surface area contributed by atoms with Gasteiger partial charge < -0.3 is 15.4 Å². The van der Waals surface area contributed by atoms with E-state index in [-0.39, 0.29) is 0 Å². The van der Waals surface area contributed by atoms with Crippen molar-refractivity contribution in [3.63, 3.8) is 0 Å². The predicted octanol–water partition coefficient (Wildman–Crippen LogP) is 2.96. The van der Waals surface area contributed by atoms with Crippen molar-refractivity contribution >= 4 is 5.91 Å². The van der Waals surface area contributed by atoms with Crippen LogP contribution in [0, 0.1) is 0 Å². The number of amides is 1. The normalized spacial score (nSPS) is 18.3. The molecule has 1 aromatic carbocycles. The lowest BCUT2D eigenvalue weighted by molar-refractivity contribution is 0.100. The molecule has 1 aromatic heterocycles. The van der Waals surface area contributed by atoms with E-state index in [9.17, 15) is 4.79 Å². The lowest BCUT2D eigenvalue weighted by Crippen LogP contribution is -2.39. The molecule has 1 atom stereocenters. The second kappa shape index (κ2) is 7.61. The van der Waals surface area contributed by atoms with Gasteiger partial charge in [0.2, 0.25) is 11.8 Å². The van der Waals surface area contributed by atoms with Gasteiger partial charge in [0.25, 0.3) is 0 Å². The summed E-state index contributed by atoms with van der Waals surface area (Å²) in [5, 5.41) is 0. The first kappa shape index (κ1) is 17.4. The number of benzene rings is 1. The van der Waals surface area contributed by atoms with Crippen LogP contribution in [0.15, 0.2) is 36.7 Å². The van der Waals surface area contributed by atoms with Crippen molar-refractivity contribution in [2.24, 2.45) is 5.73 Å². The third-order valence-corrected chi connectivity index (χ3v) is 4.61. The predicted molar refractivity (Wildman–Crippen MR) is 95.7 cm³/mol. The Balaban J connectivity index is 1.80. The Kier molecular flexibility index (Phi) is 5.28. The minimum absolute atomic E-state index is 0.310. The number of hydrogen-bond acceptors (Lipinski definition) is 5. The van der Waals surface area contributed by atoms with Crippen LogP contribution in [0.2, 0.25) is 0 Å². The maximum atomic E-state index is 11.2. The van der Waals surface area contributed by atoms with Crippen molar-refractivity contribution in [1.29, 1.82) is 0 Å². The summed E-state index contributed by atoms with van der Waals surface area (Å²) in [6.45, 7) is 6.53. The summed E-state index contributed by atoms with van der Waals surface area (Å²) in [6.07, 6.45) is 5.58. The average Bonchev–Trinajstić information content (AvgIpc) is 2.63. The highest BCUT2D eigenvalue weighted by Crippen LogP contribution is 2.33. The Morgan fingerprint density at radius 1 is 1.24 bits per heavy atom. The first-order valence-electron chi connectivity index (χ1n) is 8.67. The molecule has 0 saturated carbocycles. The van der Waals surface area contributed by atoms with E-state index in [1.54, 1.807) is 36.7 Å². The zero-order chi connectivity index (χ0) is 17.8. The second-order valence-corrected chi connectivity index (χ2v) is 6.67. The molecule has 0 spiro atoms. The molecule has 0 aliphatic carbocycles. The number of nitrogens with two attached hydrogens (primary N) is 1. The van der Waals surface area contributed by atoms with Crippen LogP contribution in [0.3, 0.4) is 0 Å². The largest absolute Gasteiger partial charge is 0.437 e. The minimum Gasteiger partial charge on any atom is -0.437 e. The standard InChI is InChI=1S/C19H24N4O2/c1-13(2)23-11-3-4-15(12-23)17-19(22-10-9-21-17)25-16-7-5-14(6-8-16)18(20)24/h5-10,13,15H,3-4,11-12H2,1-2H3,(H2,20,24). The Morgan fingerprint density at radius 2 is 1.96 bits per heavy atom. The van der Waals surface area contributed by atoms with Crippen LogP contribution in [-0.4, -0.2) is 39.9 Å². The molecule has 0 bridgehead atoms. The lowest BCUT2D eigenvalue weighted by atomic mass is 9.94. The first-order chi connectivity index (χ1) is 12.0. The number of ether oxygens (including phenoxy) is 1. The minimum atomic E-state index is -0.456. The van der Waals surface area contributed by atoms with Crippen molar-refractivity contribution in [2.75, 3.05) is 13.1 Å². The van der Waals surface area contributed by atoms with Crippen molar-refractivity contribution in [3.05, 3.63) is 47.9 Å². The topological polar surface area (TPSA) is 81.3 Å². The van der Waals surface area contributed by atoms with Crippen LogP contribution in [0.1, 0.15) is 48.7 Å². The third kappa shape index (κ3) is 4.14. The molecule has 3 rings (SSSR count). The molecule has 1 aliphatic rings. The van der Waals surface area contributed by atoms with Crippen LogP contribution in [0.25, 0.3) is 0 Å². The highest BCUT2D eigenvalue weighted by Gasteiger charge is 2.27. The van der Waals surface area contributed by atoms with Crippen LogP contribution in [-0.2, 0) is 0 Å². The van der Waals surface area contributed by atoms with Crippen molar-refractivity contribution < 1.29 is 9.53 Å². The molecule has 2 N–H and O–H groups in total. The van der Waals surface area contributed by atoms with Crippen molar-refractivity contribution in [2.45, 2.75) is 38.6 Å². The van der Waals surface area contributed by atoms with E-state index < -0.39 is 5.91 Å². The number of carbonyl (C=O) groups is 1. The van der Waals surface area contributed by atoms with Gasteiger partial charge in [0.15, 0.2) is 0 Å². The van der Waals surface area contributed by atoms with E-state index in [0.717, 1.165) is 31.6 Å². The van der Waals surface area contributed by atoms with E-state index in [1.165, 1.54) is 0 Å². The average molecular weight is 340 g/mol. The summed E-state index contributed by atoms with van der Waals surface area (Å²) < 4.78 is 5.95. The molecule has 1 unspecified atom stereocenters. The van der Waals surface area contributed by atoms with Crippen LogP contribution in [0.5, 0.6) is 11.6 Å². The second-order valence-electron chi connectivity index (χ2n) is 6.67. The molecular weight excluding hydrogens is 316 g/mol. The number of nitrogens with zero attached hydrogens (tertiary/aromatic N) is 3. The Morgan fingerprint density at radius 3 is 2.64 bits per heavy atom. The van der Waals surface area contributed by atoms with Gasteiger partial charge in [0.05, 0.1) is 0 Å². The molecule has 6 heteroatoms. The smallest absolute Gasteiger partial charge is 0.248 e. The van der Waals surface area contributed by atoms with E-state index in [1.807, 2.05) is 0 Å². The number of piperidine rings is 1. The summed E-state index contributed by atoms with van der Waals surface area (Å²) in [5.74, 6) is 1.00. The highest BCUT2D eigenvalue weighted by molar-refractivity contribution is 5.92. The molecule has 25 heavy (non-hydrogen) atoms. The Bertz CT molecular complexity index is 730. The van der Waals surface area contributed by atoms with Gasteiger partial charge in [-0.15, -0.1) is 0 Å². The number of carbonyl (C=O) groups excluding carboxylic acids is 1. The Hall–Kier alpha value is -2.47. The van der Waals surface area contributed by atoms with Crippen LogP contribution < -0.4 is 10.5 Å².